The van der Waals surface area contributed by atoms with Crippen molar-refractivity contribution in [2.24, 2.45) is 5.73 Å². The Morgan fingerprint density at radius 2 is 2.00 bits per heavy atom. The second-order valence-electron chi connectivity index (χ2n) is 3.71. The first-order chi connectivity index (χ1) is 7.00. The molecule has 0 bridgehead atoms. The van der Waals surface area contributed by atoms with Gasteiger partial charge < -0.3 is 10.8 Å². The van der Waals surface area contributed by atoms with Crippen molar-refractivity contribution in [1.29, 1.82) is 0 Å². The van der Waals surface area contributed by atoms with Crippen molar-refractivity contribution in [3.05, 3.63) is 35.4 Å². The van der Waals surface area contributed by atoms with Crippen LogP contribution in [0.4, 0.5) is 8.78 Å². The SMILES string of the molecule is CC(N)C(O)CCc1ccc(F)c(F)c1. The van der Waals surface area contributed by atoms with Crippen molar-refractivity contribution in [2.75, 3.05) is 0 Å². The average molecular weight is 215 g/mol. The van der Waals surface area contributed by atoms with Crippen LogP contribution in [-0.4, -0.2) is 17.3 Å². The fourth-order valence-electron chi connectivity index (χ4n) is 1.27. The molecule has 0 saturated carbocycles. The lowest BCUT2D eigenvalue weighted by Gasteiger charge is -2.13. The lowest BCUT2D eigenvalue weighted by Crippen LogP contribution is -2.31. The summed E-state index contributed by atoms with van der Waals surface area (Å²) >= 11 is 0. The van der Waals surface area contributed by atoms with Gasteiger partial charge in [0, 0.05) is 6.04 Å². The van der Waals surface area contributed by atoms with Crippen molar-refractivity contribution in [3.63, 3.8) is 0 Å². The van der Waals surface area contributed by atoms with E-state index < -0.39 is 17.7 Å². The third-order valence-electron chi connectivity index (χ3n) is 2.32. The highest BCUT2D eigenvalue weighted by Crippen LogP contribution is 2.11. The van der Waals surface area contributed by atoms with Gasteiger partial charge in [0.1, 0.15) is 0 Å². The highest BCUT2D eigenvalue weighted by Gasteiger charge is 2.10. The minimum Gasteiger partial charge on any atom is -0.392 e. The minimum absolute atomic E-state index is 0.310. The van der Waals surface area contributed by atoms with Crippen LogP contribution in [0, 0.1) is 11.6 Å². The normalized spacial score (nSPS) is 15.0. The Morgan fingerprint density at radius 3 is 2.53 bits per heavy atom. The summed E-state index contributed by atoms with van der Waals surface area (Å²) in [7, 11) is 0. The molecule has 0 saturated heterocycles. The standard InChI is InChI=1S/C11H15F2NO/c1-7(14)11(15)5-3-8-2-4-9(12)10(13)6-8/h2,4,6-7,11,15H,3,5,14H2,1H3. The van der Waals surface area contributed by atoms with Crippen LogP contribution >= 0.6 is 0 Å². The average Bonchev–Trinajstić information content (AvgIpc) is 2.19. The van der Waals surface area contributed by atoms with Crippen molar-refractivity contribution in [1.82, 2.24) is 0 Å². The molecule has 1 aromatic rings. The van der Waals surface area contributed by atoms with E-state index in [4.69, 9.17) is 5.73 Å². The molecule has 0 spiro atoms. The quantitative estimate of drug-likeness (QED) is 0.801. The van der Waals surface area contributed by atoms with E-state index in [1.807, 2.05) is 0 Å². The van der Waals surface area contributed by atoms with Crippen molar-refractivity contribution >= 4 is 0 Å². The van der Waals surface area contributed by atoms with Gasteiger partial charge in [0.25, 0.3) is 0 Å². The van der Waals surface area contributed by atoms with E-state index in [-0.39, 0.29) is 6.04 Å². The summed E-state index contributed by atoms with van der Waals surface area (Å²) in [5.41, 5.74) is 6.13. The third kappa shape index (κ3) is 3.57. The van der Waals surface area contributed by atoms with Crippen molar-refractivity contribution in [3.8, 4) is 0 Å². The first kappa shape index (κ1) is 12.1. The lowest BCUT2D eigenvalue weighted by molar-refractivity contribution is 0.141. The number of hydrogen-bond donors (Lipinski definition) is 2. The zero-order chi connectivity index (χ0) is 11.4. The number of benzene rings is 1. The van der Waals surface area contributed by atoms with Gasteiger partial charge in [0.15, 0.2) is 11.6 Å². The van der Waals surface area contributed by atoms with E-state index in [0.29, 0.717) is 18.4 Å². The molecule has 0 heterocycles. The predicted octanol–water partition coefficient (Wildman–Crippen LogP) is 1.61. The molecule has 0 aliphatic rings. The lowest BCUT2D eigenvalue weighted by atomic mass is 10.0. The molecule has 2 nitrogen and oxygen atoms in total. The Kier molecular flexibility index (Phi) is 4.17. The van der Waals surface area contributed by atoms with Gasteiger partial charge in [-0.25, -0.2) is 8.78 Å². The number of rotatable bonds is 4. The summed E-state index contributed by atoms with van der Waals surface area (Å²) < 4.78 is 25.4. The molecule has 0 aliphatic heterocycles. The van der Waals surface area contributed by atoms with Gasteiger partial charge in [-0.1, -0.05) is 6.07 Å². The van der Waals surface area contributed by atoms with E-state index in [1.165, 1.54) is 6.07 Å². The number of aliphatic hydroxyl groups is 1. The Labute approximate surface area is 87.7 Å². The second-order valence-corrected chi connectivity index (χ2v) is 3.71. The Hall–Kier alpha value is -1.00. The largest absolute Gasteiger partial charge is 0.392 e. The van der Waals surface area contributed by atoms with Crippen molar-refractivity contribution < 1.29 is 13.9 Å². The zero-order valence-electron chi connectivity index (χ0n) is 8.58. The van der Waals surface area contributed by atoms with Crippen LogP contribution in [0.1, 0.15) is 18.9 Å². The fourth-order valence-corrected chi connectivity index (χ4v) is 1.27. The van der Waals surface area contributed by atoms with Gasteiger partial charge in [0.2, 0.25) is 0 Å². The molecule has 1 rings (SSSR count). The van der Waals surface area contributed by atoms with Crippen LogP contribution in [0.25, 0.3) is 0 Å². The second kappa shape index (κ2) is 5.19. The molecule has 3 N–H and O–H groups in total. The number of hydrogen-bond acceptors (Lipinski definition) is 2. The van der Waals surface area contributed by atoms with Crippen LogP contribution in [0.3, 0.4) is 0 Å². The minimum atomic E-state index is -0.859. The molecule has 2 unspecified atom stereocenters. The maximum absolute atomic E-state index is 12.8. The fraction of sp³-hybridized carbons (Fsp3) is 0.455. The highest BCUT2D eigenvalue weighted by atomic mass is 19.2. The van der Waals surface area contributed by atoms with Gasteiger partial charge in [-0.2, -0.15) is 0 Å². The van der Waals surface area contributed by atoms with Gasteiger partial charge in [-0.05, 0) is 37.5 Å². The molecule has 84 valence electrons. The molecule has 0 amide bonds. The van der Waals surface area contributed by atoms with Gasteiger partial charge in [0.05, 0.1) is 6.10 Å². The van der Waals surface area contributed by atoms with E-state index >= 15 is 0 Å². The first-order valence-electron chi connectivity index (χ1n) is 4.88. The molecule has 0 aliphatic carbocycles. The molecule has 0 radical (unpaired) electrons. The molecule has 4 heteroatoms. The van der Waals surface area contributed by atoms with E-state index in [1.54, 1.807) is 6.92 Å². The van der Waals surface area contributed by atoms with Gasteiger partial charge in [-0.15, -0.1) is 0 Å². The van der Waals surface area contributed by atoms with E-state index in [2.05, 4.69) is 0 Å². The summed E-state index contributed by atoms with van der Waals surface area (Å²) in [5.74, 6) is -1.71. The van der Waals surface area contributed by atoms with Crippen molar-refractivity contribution in [2.45, 2.75) is 31.9 Å². The summed E-state index contributed by atoms with van der Waals surface area (Å²) in [5, 5.41) is 9.42. The van der Waals surface area contributed by atoms with Crippen LogP contribution in [0.2, 0.25) is 0 Å². The third-order valence-corrected chi connectivity index (χ3v) is 2.32. The van der Waals surface area contributed by atoms with Gasteiger partial charge >= 0.3 is 0 Å². The zero-order valence-corrected chi connectivity index (χ0v) is 8.58. The van der Waals surface area contributed by atoms with E-state index in [0.717, 1.165) is 12.1 Å². The number of nitrogens with two attached hydrogens (primary N) is 1. The molecule has 0 fully saturated rings. The summed E-state index contributed by atoms with van der Waals surface area (Å²) in [6.07, 6.45) is 0.320. The molecular formula is C11H15F2NO. The monoisotopic (exact) mass is 215 g/mol. The Balaban J connectivity index is 2.55. The predicted molar refractivity (Wildman–Crippen MR) is 54.3 cm³/mol. The Morgan fingerprint density at radius 1 is 1.33 bits per heavy atom. The topological polar surface area (TPSA) is 46.2 Å². The van der Waals surface area contributed by atoms with Crippen LogP contribution in [-0.2, 0) is 6.42 Å². The van der Waals surface area contributed by atoms with Crippen LogP contribution in [0.5, 0.6) is 0 Å². The Bertz CT molecular complexity index is 328. The smallest absolute Gasteiger partial charge is 0.159 e. The van der Waals surface area contributed by atoms with Crippen LogP contribution < -0.4 is 5.73 Å². The number of halogens is 2. The summed E-state index contributed by atoms with van der Waals surface area (Å²) in [4.78, 5) is 0. The van der Waals surface area contributed by atoms with E-state index in [9.17, 15) is 13.9 Å². The first-order valence-corrected chi connectivity index (χ1v) is 4.88. The molecule has 15 heavy (non-hydrogen) atoms. The molecule has 0 aromatic heterocycles. The van der Waals surface area contributed by atoms with Crippen LogP contribution in [0.15, 0.2) is 18.2 Å². The molecular weight excluding hydrogens is 200 g/mol. The number of aryl methyl sites for hydroxylation is 1. The summed E-state index contributed by atoms with van der Waals surface area (Å²) in [6, 6.07) is 3.42. The number of aliphatic hydroxyl groups excluding tert-OH is 1. The van der Waals surface area contributed by atoms with Gasteiger partial charge in [-0.3, -0.25) is 0 Å². The maximum Gasteiger partial charge on any atom is 0.159 e. The summed E-state index contributed by atoms with van der Waals surface area (Å²) in [6.45, 7) is 1.70. The molecule has 1 aromatic carbocycles. The maximum atomic E-state index is 12.8. The molecule has 2 atom stereocenters. The highest BCUT2D eigenvalue weighted by molar-refractivity contribution is 5.17.